The number of benzene rings is 1. The number of hydrogen-bond acceptors (Lipinski definition) is 4. The average molecular weight is 339 g/mol. The summed E-state index contributed by atoms with van der Waals surface area (Å²) in [4.78, 5) is 11.9. The third-order valence-electron chi connectivity index (χ3n) is 4.33. The van der Waals surface area contributed by atoms with Crippen molar-refractivity contribution in [2.75, 3.05) is 13.3 Å². The summed E-state index contributed by atoms with van der Waals surface area (Å²) in [5, 5.41) is 2.43. The lowest BCUT2D eigenvalue weighted by molar-refractivity contribution is 0.144. The number of nitrogens with one attached hydrogen (secondary N) is 1. The molecular formula is C17H26NO4P. The van der Waals surface area contributed by atoms with Gasteiger partial charge in [-0.2, -0.15) is 0 Å². The van der Waals surface area contributed by atoms with Gasteiger partial charge in [-0.1, -0.05) is 62.4 Å². The van der Waals surface area contributed by atoms with Gasteiger partial charge in [0.25, 0.3) is 7.52 Å². The Morgan fingerprint density at radius 2 is 1.91 bits per heavy atom. The van der Waals surface area contributed by atoms with E-state index in [0.717, 1.165) is 12.0 Å². The standard InChI is InChI=1S/C17H26NO4P/c1-21-23(20,13-12-15-8-4-2-5-9-15)18-17(19)22-14-16-10-6-3-7-11-16/h3,6-7,10-11,15H,2,4-5,8-9,12-14H2,1H3,(H,18,19,20). The van der Waals surface area contributed by atoms with E-state index in [0.29, 0.717) is 12.1 Å². The summed E-state index contributed by atoms with van der Waals surface area (Å²) in [5.74, 6) is 0.592. The van der Waals surface area contributed by atoms with Gasteiger partial charge in [-0.3, -0.25) is 9.65 Å². The molecule has 0 spiro atoms. The lowest BCUT2D eigenvalue weighted by atomic mass is 9.88. The maximum absolute atomic E-state index is 12.6. The minimum Gasteiger partial charge on any atom is -0.444 e. The van der Waals surface area contributed by atoms with E-state index in [-0.39, 0.29) is 6.61 Å². The van der Waals surface area contributed by atoms with E-state index >= 15 is 0 Å². The molecule has 1 N–H and O–H groups in total. The van der Waals surface area contributed by atoms with Crippen molar-refractivity contribution >= 4 is 13.6 Å². The van der Waals surface area contributed by atoms with Crippen LogP contribution in [0, 0.1) is 5.92 Å². The van der Waals surface area contributed by atoms with Crippen LogP contribution in [0.25, 0.3) is 0 Å². The molecule has 5 nitrogen and oxygen atoms in total. The minimum atomic E-state index is -3.17. The second kappa shape index (κ2) is 9.09. The summed E-state index contributed by atoms with van der Waals surface area (Å²) in [5.41, 5.74) is 0.886. The van der Waals surface area contributed by atoms with Gasteiger partial charge in [-0.15, -0.1) is 0 Å². The summed E-state index contributed by atoms with van der Waals surface area (Å²) < 4.78 is 22.8. The van der Waals surface area contributed by atoms with Crippen LogP contribution in [-0.4, -0.2) is 19.4 Å². The SMILES string of the molecule is COP(=O)(CCC1CCCCC1)NC(=O)OCc1ccccc1. The fourth-order valence-corrected chi connectivity index (χ4v) is 4.35. The van der Waals surface area contributed by atoms with Crippen LogP contribution in [0.3, 0.4) is 0 Å². The van der Waals surface area contributed by atoms with E-state index in [9.17, 15) is 9.36 Å². The van der Waals surface area contributed by atoms with Gasteiger partial charge >= 0.3 is 6.09 Å². The van der Waals surface area contributed by atoms with Crippen LogP contribution < -0.4 is 5.09 Å². The Hall–Kier alpha value is -1.32. The Bertz CT molecular complexity index is 529. The second-order valence-electron chi connectivity index (χ2n) is 6.05. The van der Waals surface area contributed by atoms with Crippen molar-refractivity contribution in [1.29, 1.82) is 0 Å². The van der Waals surface area contributed by atoms with Gasteiger partial charge in [0, 0.05) is 13.3 Å². The van der Waals surface area contributed by atoms with Crippen molar-refractivity contribution in [3.8, 4) is 0 Å². The van der Waals surface area contributed by atoms with Gasteiger partial charge in [-0.05, 0) is 17.9 Å². The van der Waals surface area contributed by atoms with Crippen LogP contribution in [0.5, 0.6) is 0 Å². The molecule has 1 aliphatic rings. The van der Waals surface area contributed by atoms with Crippen molar-refractivity contribution in [3.63, 3.8) is 0 Å². The monoisotopic (exact) mass is 339 g/mol. The zero-order chi connectivity index (χ0) is 16.5. The summed E-state index contributed by atoms with van der Waals surface area (Å²) in [6.07, 6.45) is 6.65. The smallest absolute Gasteiger partial charge is 0.414 e. The quantitative estimate of drug-likeness (QED) is 0.730. The third kappa shape index (κ3) is 6.36. The predicted molar refractivity (Wildman–Crippen MR) is 90.4 cm³/mol. The first-order valence-electron chi connectivity index (χ1n) is 8.25. The highest BCUT2D eigenvalue weighted by Crippen LogP contribution is 2.44. The van der Waals surface area contributed by atoms with Crippen LogP contribution in [-0.2, 0) is 20.4 Å². The fourth-order valence-electron chi connectivity index (χ4n) is 2.92. The molecule has 0 saturated heterocycles. The molecule has 2 rings (SSSR count). The Morgan fingerprint density at radius 1 is 1.22 bits per heavy atom. The first-order chi connectivity index (χ1) is 11.1. The highest BCUT2D eigenvalue weighted by atomic mass is 31.2. The van der Waals surface area contributed by atoms with Crippen LogP contribution in [0.4, 0.5) is 4.79 Å². The van der Waals surface area contributed by atoms with Gasteiger partial charge in [0.05, 0.1) is 0 Å². The van der Waals surface area contributed by atoms with Crippen LogP contribution in [0.15, 0.2) is 30.3 Å². The van der Waals surface area contributed by atoms with Crippen molar-refractivity contribution in [3.05, 3.63) is 35.9 Å². The summed E-state index contributed by atoms with van der Waals surface area (Å²) in [6.45, 7) is 0.152. The van der Waals surface area contributed by atoms with Crippen molar-refractivity contribution in [2.45, 2.75) is 45.1 Å². The number of ether oxygens (including phenoxy) is 1. The minimum absolute atomic E-state index is 0.152. The summed E-state index contributed by atoms with van der Waals surface area (Å²) in [7, 11) is -1.79. The molecule has 0 aliphatic heterocycles. The maximum Gasteiger partial charge on any atom is 0.414 e. The number of hydrogen-bond donors (Lipinski definition) is 1. The number of carbonyl (C=O) groups excluding carboxylic acids is 1. The van der Waals surface area contributed by atoms with E-state index in [1.807, 2.05) is 30.3 Å². The molecule has 0 radical (unpaired) electrons. The number of amides is 1. The van der Waals surface area contributed by atoms with E-state index < -0.39 is 13.6 Å². The molecule has 1 saturated carbocycles. The molecule has 128 valence electrons. The normalized spacial score (nSPS) is 18.1. The molecule has 6 heteroatoms. The van der Waals surface area contributed by atoms with E-state index in [1.54, 1.807) is 0 Å². The Labute approximate surface area is 138 Å². The van der Waals surface area contributed by atoms with Gasteiger partial charge in [0.2, 0.25) is 0 Å². The average Bonchev–Trinajstić information content (AvgIpc) is 2.60. The molecule has 1 atom stereocenters. The van der Waals surface area contributed by atoms with E-state index in [2.05, 4.69) is 5.09 Å². The Morgan fingerprint density at radius 3 is 2.57 bits per heavy atom. The zero-order valence-electron chi connectivity index (χ0n) is 13.7. The van der Waals surface area contributed by atoms with E-state index in [1.165, 1.54) is 39.2 Å². The third-order valence-corrected chi connectivity index (χ3v) is 6.29. The molecule has 0 heterocycles. The van der Waals surface area contributed by atoms with Gasteiger partial charge in [0.15, 0.2) is 0 Å². The molecule has 23 heavy (non-hydrogen) atoms. The van der Waals surface area contributed by atoms with Crippen LogP contribution in [0.1, 0.15) is 44.1 Å². The van der Waals surface area contributed by atoms with Gasteiger partial charge in [0.1, 0.15) is 6.61 Å². The molecule has 0 aromatic heterocycles. The lowest BCUT2D eigenvalue weighted by Gasteiger charge is -2.24. The molecular weight excluding hydrogens is 313 g/mol. The zero-order valence-corrected chi connectivity index (χ0v) is 14.6. The predicted octanol–water partition coefficient (Wildman–Crippen LogP) is 4.72. The summed E-state index contributed by atoms with van der Waals surface area (Å²) >= 11 is 0. The lowest BCUT2D eigenvalue weighted by Crippen LogP contribution is -2.24. The molecule has 1 fully saturated rings. The second-order valence-corrected chi connectivity index (χ2v) is 8.43. The largest absolute Gasteiger partial charge is 0.444 e. The van der Waals surface area contributed by atoms with E-state index in [4.69, 9.17) is 9.26 Å². The molecule has 1 unspecified atom stereocenters. The Balaban J connectivity index is 1.77. The van der Waals surface area contributed by atoms with Crippen molar-refractivity contribution in [2.24, 2.45) is 5.92 Å². The first-order valence-corrected chi connectivity index (χ1v) is 10.1. The fraction of sp³-hybridized carbons (Fsp3) is 0.588. The van der Waals surface area contributed by atoms with Crippen molar-refractivity contribution in [1.82, 2.24) is 5.09 Å². The van der Waals surface area contributed by atoms with Gasteiger partial charge < -0.3 is 9.26 Å². The number of carbonyl (C=O) groups is 1. The number of rotatable bonds is 7. The molecule has 0 bridgehead atoms. The molecule has 1 amide bonds. The van der Waals surface area contributed by atoms with Crippen LogP contribution in [0.2, 0.25) is 0 Å². The summed E-state index contributed by atoms with van der Waals surface area (Å²) in [6, 6.07) is 9.38. The highest BCUT2D eigenvalue weighted by Gasteiger charge is 2.27. The maximum atomic E-state index is 12.6. The first kappa shape index (κ1) is 18.0. The topological polar surface area (TPSA) is 64.6 Å². The Kier molecular flexibility index (Phi) is 7.13. The van der Waals surface area contributed by atoms with Gasteiger partial charge in [-0.25, -0.2) is 4.79 Å². The van der Waals surface area contributed by atoms with Crippen LogP contribution >= 0.6 is 7.52 Å². The molecule has 1 aliphatic carbocycles. The molecule has 1 aromatic carbocycles. The molecule has 1 aromatic rings. The highest BCUT2D eigenvalue weighted by molar-refractivity contribution is 7.57. The van der Waals surface area contributed by atoms with Crippen molar-refractivity contribution < 1.29 is 18.6 Å².